The zero-order chi connectivity index (χ0) is 14.3. The second-order valence-corrected chi connectivity index (χ2v) is 4.97. The number of carbonyl (C=O) groups is 1. The Morgan fingerprint density at radius 3 is 2.90 bits per heavy atom. The standard InChI is InChI=1S/C15H15N3O2/c1-9-7-10-5-6-18(13(10)8-11(9)16)15(20)12-3-2-4-14(19)17-12/h2-4,7-8H,5-6,16H2,1H3,(H,17,19). The van der Waals surface area contributed by atoms with Crippen LogP contribution in [0.5, 0.6) is 0 Å². The van der Waals surface area contributed by atoms with Gasteiger partial charge in [0.2, 0.25) is 5.56 Å². The first-order chi connectivity index (χ1) is 9.56. The van der Waals surface area contributed by atoms with E-state index in [2.05, 4.69) is 4.98 Å². The summed E-state index contributed by atoms with van der Waals surface area (Å²) in [5.74, 6) is -0.204. The minimum atomic E-state index is -0.279. The van der Waals surface area contributed by atoms with E-state index in [0.29, 0.717) is 17.9 Å². The molecule has 0 bridgehead atoms. The predicted octanol–water partition coefficient (Wildman–Crippen LogP) is 1.47. The topological polar surface area (TPSA) is 79.2 Å². The van der Waals surface area contributed by atoms with Gasteiger partial charge >= 0.3 is 0 Å². The lowest BCUT2D eigenvalue weighted by Crippen LogP contribution is -2.30. The van der Waals surface area contributed by atoms with Crippen molar-refractivity contribution in [2.75, 3.05) is 17.2 Å². The number of nitrogens with zero attached hydrogens (tertiary/aromatic N) is 1. The van der Waals surface area contributed by atoms with Crippen molar-refractivity contribution in [1.29, 1.82) is 0 Å². The molecular weight excluding hydrogens is 254 g/mol. The van der Waals surface area contributed by atoms with E-state index in [1.165, 1.54) is 6.07 Å². The molecule has 2 aromatic rings. The third kappa shape index (κ3) is 1.97. The fourth-order valence-corrected chi connectivity index (χ4v) is 2.51. The van der Waals surface area contributed by atoms with Crippen molar-refractivity contribution in [1.82, 2.24) is 4.98 Å². The monoisotopic (exact) mass is 269 g/mol. The molecule has 0 saturated carbocycles. The molecule has 1 aromatic carbocycles. The average molecular weight is 269 g/mol. The van der Waals surface area contributed by atoms with Crippen LogP contribution in [0.25, 0.3) is 0 Å². The number of hydrogen-bond acceptors (Lipinski definition) is 3. The van der Waals surface area contributed by atoms with Crippen LogP contribution < -0.4 is 16.2 Å². The minimum Gasteiger partial charge on any atom is -0.398 e. The number of aryl methyl sites for hydroxylation is 1. The molecule has 3 N–H and O–H groups in total. The average Bonchev–Trinajstić information content (AvgIpc) is 2.81. The van der Waals surface area contributed by atoms with Gasteiger partial charge in [-0.15, -0.1) is 0 Å². The number of rotatable bonds is 1. The molecule has 20 heavy (non-hydrogen) atoms. The largest absolute Gasteiger partial charge is 0.398 e. The van der Waals surface area contributed by atoms with E-state index in [0.717, 1.165) is 23.2 Å². The van der Waals surface area contributed by atoms with Crippen LogP contribution >= 0.6 is 0 Å². The number of fused-ring (bicyclic) bond motifs is 1. The number of amides is 1. The van der Waals surface area contributed by atoms with Crippen LogP contribution in [0.3, 0.4) is 0 Å². The second-order valence-electron chi connectivity index (χ2n) is 4.97. The molecule has 0 atom stereocenters. The van der Waals surface area contributed by atoms with Gasteiger partial charge in [0.1, 0.15) is 5.69 Å². The molecule has 0 radical (unpaired) electrons. The normalized spacial score (nSPS) is 13.3. The maximum Gasteiger partial charge on any atom is 0.274 e. The maximum atomic E-state index is 12.5. The van der Waals surface area contributed by atoms with Crippen molar-refractivity contribution in [3.05, 3.63) is 57.5 Å². The van der Waals surface area contributed by atoms with E-state index in [9.17, 15) is 9.59 Å². The number of benzene rings is 1. The van der Waals surface area contributed by atoms with Gasteiger partial charge in [-0.1, -0.05) is 12.1 Å². The van der Waals surface area contributed by atoms with Crippen molar-refractivity contribution in [3.8, 4) is 0 Å². The van der Waals surface area contributed by atoms with Crippen molar-refractivity contribution >= 4 is 17.3 Å². The lowest BCUT2D eigenvalue weighted by molar-refractivity contribution is 0.0984. The molecule has 0 spiro atoms. The Balaban J connectivity index is 2.01. The summed E-state index contributed by atoms with van der Waals surface area (Å²) in [6, 6.07) is 8.42. The highest BCUT2D eigenvalue weighted by Gasteiger charge is 2.26. The van der Waals surface area contributed by atoms with Crippen LogP contribution in [0.15, 0.2) is 35.1 Å². The summed E-state index contributed by atoms with van der Waals surface area (Å²) in [6.07, 6.45) is 0.805. The van der Waals surface area contributed by atoms with E-state index < -0.39 is 0 Å². The Labute approximate surface area is 116 Å². The number of nitrogens with two attached hydrogens (primary N) is 1. The van der Waals surface area contributed by atoms with Gasteiger partial charge in [-0.3, -0.25) is 9.59 Å². The fraction of sp³-hybridized carbons (Fsp3) is 0.200. The first-order valence-corrected chi connectivity index (χ1v) is 6.46. The van der Waals surface area contributed by atoms with Crippen LogP contribution in [0.2, 0.25) is 0 Å². The number of aromatic amines is 1. The van der Waals surface area contributed by atoms with Crippen LogP contribution in [-0.2, 0) is 6.42 Å². The van der Waals surface area contributed by atoms with Gasteiger partial charge in [-0.05, 0) is 36.6 Å². The number of nitrogen functional groups attached to an aromatic ring is 1. The Hall–Kier alpha value is -2.56. The van der Waals surface area contributed by atoms with Gasteiger partial charge in [0.15, 0.2) is 0 Å². The van der Waals surface area contributed by atoms with Crippen LogP contribution in [0.1, 0.15) is 21.6 Å². The summed E-state index contributed by atoms with van der Waals surface area (Å²) in [6.45, 7) is 2.56. The summed E-state index contributed by atoms with van der Waals surface area (Å²) in [5, 5.41) is 0. The lowest BCUT2D eigenvalue weighted by atomic mass is 10.1. The number of carbonyl (C=O) groups excluding carboxylic acids is 1. The summed E-state index contributed by atoms with van der Waals surface area (Å²) < 4.78 is 0. The van der Waals surface area contributed by atoms with E-state index in [4.69, 9.17) is 5.73 Å². The highest BCUT2D eigenvalue weighted by molar-refractivity contribution is 6.06. The van der Waals surface area contributed by atoms with E-state index >= 15 is 0 Å². The first kappa shape index (κ1) is 12.5. The third-order valence-electron chi connectivity index (χ3n) is 3.61. The fourth-order valence-electron chi connectivity index (χ4n) is 2.51. The molecule has 1 aliphatic heterocycles. The number of aromatic nitrogens is 1. The molecule has 3 rings (SSSR count). The smallest absolute Gasteiger partial charge is 0.274 e. The number of anilines is 2. The highest BCUT2D eigenvalue weighted by Crippen LogP contribution is 2.32. The Bertz CT molecular complexity index is 749. The van der Waals surface area contributed by atoms with Crippen molar-refractivity contribution < 1.29 is 4.79 Å². The lowest BCUT2D eigenvalue weighted by Gasteiger charge is -2.18. The number of pyridine rings is 1. The van der Waals surface area contributed by atoms with Gasteiger partial charge < -0.3 is 15.6 Å². The maximum absolute atomic E-state index is 12.5. The Kier molecular flexibility index (Phi) is 2.82. The van der Waals surface area contributed by atoms with E-state index in [1.807, 2.05) is 19.1 Å². The highest BCUT2D eigenvalue weighted by atomic mass is 16.2. The molecule has 0 fully saturated rings. The Morgan fingerprint density at radius 1 is 1.35 bits per heavy atom. The third-order valence-corrected chi connectivity index (χ3v) is 3.61. The molecule has 1 aromatic heterocycles. The summed E-state index contributed by atoms with van der Waals surface area (Å²) in [7, 11) is 0. The number of hydrogen-bond donors (Lipinski definition) is 2. The van der Waals surface area contributed by atoms with Crippen molar-refractivity contribution in [2.45, 2.75) is 13.3 Å². The van der Waals surface area contributed by atoms with E-state index in [1.54, 1.807) is 17.0 Å². The molecule has 102 valence electrons. The van der Waals surface area contributed by atoms with Crippen LogP contribution in [0.4, 0.5) is 11.4 Å². The molecule has 2 heterocycles. The number of nitrogens with one attached hydrogen (secondary N) is 1. The second kappa shape index (κ2) is 4.52. The first-order valence-electron chi connectivity index (χ1n) is 6.46. The van der Waals surface area contributed by atoms with Gasteiger partial charge in [0.25, 0.3) is 5.91 Å². The summed E-state index contributed by atoms with van der Waals surface area (Å²) in [5.41, 5.74) is 9.58. The molecule has 5 nitrogen and oxygen atoms in total. The molecule has 5 heteroatoms. The van der Waals surface area contributed by atoms with E-state index in [-0.39, 0.29) is 11.5 Å². The molecule has 1 aliphatic rings. The molecule has 0 saturated heterocycles. The van der Waals surface area contributed by atoms with Crippen LogP contribution in [-0.4, -0.2) is 17.4 Å². The quantitative estimate of drug-likeness (QED) is 0.769. The molecule has 0 aliphatic carbocycles. The summed E-state index contributed by atoms with van der Waals surface area (Å²) >= 11 is 0. The minimum absolute atomic E-state index is 0.204. The van der Waals surface area contributed by atoms with Gasteiger partial charge in [-0.25, -0.2) is 0 Å². The summed E-state index contributed by atoms with van der Waals surface area (Å²) in [4.78, 5) is 28.0. The van der Waals surface area contributed by atoms with Gasteiger partial charge in [0, 0.05) is 24.0 Å². The van der Waals surface area contributed by atoms with Gasteiger partial charge in [0.05, 0.1) is 0 Å². The van der Waals surface area contributed by atoms with Gasteiger partial charge in [-0.2, -0.15) is 0 Å². The zero-order valence-corrected chi connectivity index (χ0v) is 11.1. The SMILES string of the molecule is Cc1cc2c(cc1N)N(C(=O)c1cccc(=O)[nH]1)CC2. The molecular formula is C15H15N3O2. The van der Waals surface area contributed by atoms with Crippen molar-refractivity contribution in [3.63, 3.8) is 0 Å². The molecule has 0 unspecified atom stereocenters. The van der Waals surface area contributed by atoms with Crippen LogP contribution in [0, 0.1) is 6.92 Å². The number of H-pyrrole nitrogens is 1. The zero-order valence-electron chi connectivity index (χ0n) is 11.1. The predicted molar refractivity (Wildman–Crippen MR) is 78.0 cm³/mol. The Morgan fingerprint density at radius 2 is 2.15 bits per heavy atom. The van der Waals surface area contributed by atoms with Crippen molar-refractivity contribution in [2.24, 2.45) is 0 Å². The molecule has 1 amide bonds.